The maximum atomic E-state index is 9.54. The van der Waals surface area contributed by atoms with Crippen LogP contribution in [-0.4, -0.2) is 34.2 Å². The molecule has 4 atom stereocenters. The second-order valence-corrected chi connectivity index (χ2v) is 4.48. The zero-order valence-electron chi connectivity index (χ0n) is 9.33. The van der Waals surface area contributed by atoms with Crippen LogP contribution in [0, 0.1) is 0 Å². The highest BCUT2D eigenvalue weighted by atomic mass is 16.3. The van der Waals surface area contributed by atoms with Gasteiger partial charge in [-0.2, -0.15) is 0 Å². The van der Waals surface area contributed by atoms with Crippen molar-refractivity contribution in [3.05, 3.63) is 0 Å². The van der Waals surface area contributed by atoms with Crippen LogP contribution in [0.15, 0.2) is 0 Å². The molecule has 1 unspecified atom stereocenters. The summed E-state index contributed by atoms with van der Waals surface area (Å²) in [5.41, 5.74) is 0. The molecule has 1 fully saturated rings. The minimum atomic E-state index is -0.163. The van der Waals surface area contributed by atoms with Crippen molar-refractivity contribution < 1.29 is 5.11 Å². The van der Waals surface area contributed by atoms with Crippen LogP contribution in [0.3, 0.4) is 0 Å². The summed E-state index contributed by atoms with van der Waals surface area (Å²) in [7, 11) is 0. The fourth-order valence-corrected chi connectivity index (χ4v) is 2.35. The number of nitrogens with zero attached hydrogens (tertiary/aromatic N) is 1. The second kappa shape index (κ2) is 4.43. The van der Waals surface area contributed by atoms with Gasteiger partial charge in [0.25, 0.3) is 0 Å². The fraction of sp³-hybridized carbons (Fsp3) is 1.00. The van der Waals surface area contributed by atoms with Crippen LogP contribution in [0.25, 0.3) is 0 Å². The summed E-state index contributed by atoms with van der Waals surface area (Å²) in [4.78, 5) is 2.43. The van der Waals surface area contributed by atoms with Gasteiger partial charge >= 0.3 is 0 Å². The number of aliphatic hydroxyl groups is 1. The number of aliphatic hydroxyl groups excluding tert-OH is 1. The van der Waals surface area contributed by atoms with Crippen LogP contribution in [0.4, 0.5) is 0 Å². The first kappa shape index (κ1) is 11.0. The molecular formula is C11H23NO. The van der Waals surface area contributed by atoms with E-state index >= 15 is 0 Å². The number of unbranched alkanes of at least 4 members (excludes halogenated alkanes) is 1. The van der Waals surface area contributed by atoms with Crippen molar-refractivity contribution in [1.82, 2.24) is 4.90 Å². The molecule has 0 amide bonds. The molecule has 0 spiro atoms. The molecule has 13 heavy (non-hydrogen) atoms. The monoisotopic (exact) mass is 185 g/mol. The molecule has 0 aromatic rings. The molecule has 2 nitrogen and oxygen atoms in total. The van der Waals surface area contributed by atoms with Crippen molar-refractivity contribution in [2.75, 3.05) is 0 Å². The second-order valence-electron chi connectivity index (χ2n) is 4.48. The van der Waals surface area contributed by atoms with Crippen LogP contribution in [0.1, 0.15) is 47.0 Å². The summed E-state index contributed by atoms with van der Waals surface area (Å²) in [5, 5.41) is 9.54. The molecular weight excluding hydrogens is 162 g/mol. The van der Waals surface area contributed by atoms with Crippen molar-refractivity contribution >= 4 is 0 Å². The molecule has 0 bridgehead atoms. The molecule has 0 aromatic heterocycles. The first-order valence-electron chi connectivity index (χ1n) is 5.55. The predicted molar refractivity (Wildman–Crippen MR) is 55.8 cm³/mol. The smallest absolute Gasteiger partial charge is 0.0682 e. The molecule has 1 rings (SSSR count). The number of hydrogen-bond donors (Lipinski definition) is 1. The third-order valence-corrected chi connectivity index (χ3v) is 2.98. The van der Waals surface area contributed by atoms with E-state index in [0.29, 0.717) is 18.1 Å². The van der Waals surface area contributed by atoms with Gasteiger partial charge in [-0.3, -0.25) is 4.90 Å². The van der Waals surface area contributed by atoms with Crippen LogP contribution < -0.4 is 0 Å². The summed E-state index contributed by atoms with van der Waals surface area (Å²) in [6.07, 6.45) is 3.64. The number of rotatable bonds is 5. The zero-order chi connectivity index (χ0) is 10.0. The van der Waals surface area contributed by atoms with Gasteiger partial charge in [0, 0.05) is 12.1 Å². The Labute approximate surface area is 81.9 Å². The highest BCUT2D eigenvalue weighted by molar-refractivity contribution is 5.06. The standard InChI is InChI=1S/C11H23NO/c1-5-6-7-10-11(9(4)13)12(10)8(2)3/h8-11,13H,5-7H2,1-4H3/t9-,10+,11-,12?/m1/s1. The normalized spacial score (nSPS) is 35.1. The van der Waals surface area contributed by atoms with Gasteiger partial charge < -0.3 is 5.11 Å². The van der Waals surface area contributed by atoms with E-state index in [9.17, 15) is 5.11 Å². The Balaban J connectivity index is 2.37. The molecule has 0 aromatic carbocycles. The van der Waals surface area contributed by atoms with Gasteiger partial charge in [-0.1, -0.05) is 19.8 Å². The van der Waals surface area contributed by atoms with Gasteiger partial charge in [0.2, 0.25) is 0 Å². The van der Waals surface area contributed by atoms with Gasteiger partial charge in [0.1, 0.15) is 0 Å². The summed E-state index contributed by atoms with van der Waals surface area (Å²) >= 11 is 0. The third kappa shape index (κ3) is 2.44. The van der Waals surface area contributed by atoms with Crippen molar-refractivity contribution in [1.29, 1.82) is 0 Å². The molecule has 1 aliphatic heterocycles. The lowest BCUT2D eigenvalue weighted by Crippen LogP contribution is -2.19. The highest BCUT2D eigenvalue weighted by Gasteiger charge is 2.50. The highest BCUT2D eigenvalue weighted by Crippen LogP contribution is 2.36. The first-order valence-corrected chi connectivity index (χ1v) is 5.55. The van der Waals surface area contributed by atoms with E-state index in [4.69, 9.17) is 0 Å². The Morgan fingerprint density at radius 2 is 1.92 bits per heavy atom. The molecule has 1 aliphatic rings. The van der Waals surface area contributed by atoms with E-state index in [1.165, 1.54) is 19.3 Å². The predicted octanol–water partition coefficient (Wildman–Crippen LogP) is 2.02. The Morgan fingerprint density at radius 3 is 2.23 bits per heavy atom. The summed E-state index contributed by atoms with van der Waals surface area (Å²) in [5.74, 6) is 0. The molecule has 0 saturated carbocycles. The van der Waals surface area contributed by atoms with Gasteiger partial charge in [-0.25, -0.2) is 0 Å². The average Bonchev–Trinajstić information content (AvgIpc) is 2.74. The lowest BCUT2D eigenvalue weighted by atomic mass is 10.1. The molecule has 1 saturated heterocycles. The SMILES string of the molecule is CCCC[C@H]1[C@@H]([C@@H](C)O)N1C(C)C. The van der Waals surface area contributed by atoms with E-state index in [1.54, 1.807) is 0 Å². The Hall–Kier alpha value is -0.0800. The van der Waals surface area contributed by atoms with Gasteiger partial charge in [0.15, 0.2) is 0 Å². The van der Waals surface area contributed by atoms with Crippen LogP contribution in [0.2, 0.25) is 0 Å². The van der Waals surface area contributed by atoms with Crippen LogP contribution >= 0.6 is 0 Å². The van der Waals surface area contributed by atoms with Gasteiger partial charge in [0.05, 0.1) is 12.1 Å². The summed E-state index contributed by atoms with van der Waals surface area (Å²) in [6.45, 7) is 8.55. The Kier molecular flexibility index (Phi) is 3.74. The molecule has 78 valence electrons. The molecule has 1 N–H and O–H groups in total. The van der Waals surface area contributed by atoms with Gasteiger partial charge in [-0.05, 0) is 27.2 Å². The minimum absolute atomic E-state index is 0.163. The van der Waals surface area contributed by atoms with Crippen molar-refractivity contribution in [2.45, 2.75) is 71.2 Å². The van der Waals surface area contributed by atoms with E-state index in [2.05, 4.69) is 25.7 Å². The quantitative estimate of drug-likeness (QED) is 0.662. The number of hydrogen-bond acceptors (Lipinski definition) is 2. The Bertz CT molecular complexity index is 142. The maximum Gasteiger partial charge on any atom is 0.0682 e. The average molecular weight is 185 g/mol. The van der Waals surface area contributed by atoms with Crippen LogP contribution in [-0.2, 0) is 0 Å². The van der Waals surface area contributed by atoms with Crippen LogP contribution in [0.5, 0.6) is 0 Å². The van der Waals surface area contributed by atoms with Crippen molar-refractivity contribution in [2.24, 2.45) is 0 Å². The molecule has 1 heterocycles. The molecule has 2 heteroatoms. The van der Waals surface area contributed by atoms with E-state index in [1.807, 2.05) is 6.92 Å². The lowest BCUT2D eigenvalue weighted by Gasteiger charge is -2.08. The topological polar surface area (TPSA) is 23.2 Å². The lowest BCUT2D eigenvalue weighted by molar-refractivity contribution is 0.168. The third-order valence-electron chi connectivity index (χ3n) is 2.98. The Morgan fingerprint density at radius 1 is 1.31 bits per heavy atom. The first-order chi connectivity index (χ1) is 6.09. The fourth-order valence-electron chi connectivity index (χ4n) is 2.35. The zero-order valence-corrected chi connectivity index (χ0v) is 9.33. The largest absolute Gasteiger partial charge is 0.392 e. The molecule has 0 aliphatic carbocycles. The summed E-state index contributed by atoms with van der Waals surface area (Å²) < 4.78 is 0. The minimum Gasteiger partial charge on any atom is -0.392 e. The van der Waals surface area contributed by atoms with Crippen molar-refractivity contribution in [3.8, 4) is 0 Å². The van der Waals surface area contributed by atoms with Crippen molar-refractivity contribution in [3.63, 3.8) is 0 Å². The van der Waals surface area contributed by atoms with E-state index < -0.39 is 0 Å². The van der Waals surface area contributed by atoms with E-state index in [-0.39, 0.29) is 6.10 Å². The van der Waals surface area contributed by atoms with E-state index in [0.717, 1.165) is 0 Å². The maximum absolute atomic E-state index is 9.54. The van der Waals surface area contributed by atoms with Gasteiger partial charge in [-0.15, -0.1) is 0 Å². The summed E-state index contributed by atoms with van der Waals surface area (Å²) in [6, 6.07) is 1.67. The molecule has 0 radical (unpaired) electrons.